The van der Waals surface area contributed by atoms with Gasteiger partial charge < -0.3 is 5.11 Å². The van der Waals surface area contributed by atoms with Gasteiger partial charge in [-0.3, -0.25) is 9.69 Å². The molecular weight excluding hydrogens is 302 g/mol. The zero-order valence-electron chi connectivity index (χ0n) is 9.56. The van der Waals surface area contributed by atoms with Gasteiger partial charge in [0.05, 0.1) is 0 Å². The smallest absolute Gasteiger partial charge is 0.303 e. The van der Waals surface area contributed by atoms with E-state index in [9.17, 15) is 4.79 Å². The minimum absolute atomic E-state index is 0.310. The van der Waals surface area contributed by atoms with Gasteiger partial charge in [-0.1, -0.05) is 0 Å². The summed E-state index contributed by atoms with van der Waals surface area (Å²) in [6.45, 7) is 2.96. The summed E-state index contributed by atoms with van der Waals surface area (Å²) >= 11 is 5.21. The summed E-state index contributed by atoms with van der Waals surface area (Å²) in [7, 11) is 0. The molecule has 0 radical (unpaired) electrons. The van der Waals surface area contributed by atoms with Crippen LogP contribution in [-0.4, -0.2) is 29.1 Å². The molecule has 2 rings (SSSR count). The minimum Gasteiger partial charge on any atom is -0.481 e. The van der Waals surface area contributed by atoms with Crippen molar-refractivity contribution in [3.05, 3.63) is 20.8 Å². The molecule has 5 heteroatoms. The number of hydrogen-bond donors (Lipinski definition) is 1. The molecule has 1 aromatic heterocycles. The lowest BCUT2D eigenvalue weighted by atomic mass is 9.95. The maximum absolute atomic E-state index is 10.7. The van der Waals surface area contributed by atoms with Crippen molar-refractivity contribution in [1.82, 2.24) is 4.90 Å². The van der Waals surface area contributed by atoms with E-state index in [1.807, 2.05) is 0 Å². The summed E-state index contributed by atoms with van der Waals surface area (Å²) < 4.78 is 1.14. The van der Waals surface area contributed by atoms with Crippen molar-refractivity contribution in [3.63, 3.8) is 0 Å². The first-order chi connectivity index (χ1) is 8.13. The average Bonchev–Trinajstić information content (AvgIpc) is 2.63. The number of nitrogens with zero attached hydrogens (tertiary/aromatic N) is 1. The van der Waals surface area contributed by atoms with Crippen LogP contribution < -0.4 is 0 Å². The van der Waals surface area contributed by atoms with Crippen molar-refractivity contribution in [2.24, 2.45) is 5.92 Å². The third-order valence-corrected chi connectivity index (χ3v) is 4.75. The predicted octanol–water partition coefficient (Wildman–Crippen LogP) is 3.20. The van der Waals surface area contributed by atoms with E-state index in [4.69, 9.17) is 5.11 Å². The van der Waals surface area contributed by atoms with E-state index >= 15 is 0 Å². The van der Waals surface area contributed by atoms with Gasteiger partial charge in [-0.05, 0) is 47.3 Å². The second kappa shape index (κ2) is 5.98. The summed E-state index contributed by atoms with van der Waals surface area (Å²) in [6, 6.07) is 2.14. The molecule has 1 fully saturated rings. The van der Waals surface area contributed by atoms with E-state index in [0.29, 0.717) is 12.3 Å². The Kier molecular flexibility index (Phi) is 4.59. The fourth-order valence-corrected chi connectivity index (χ4v) is 3.86. The number of likely N-dealkylation sites (tertiary alicyclic amines) is 1. The van der Waals surface area contributed by atoms with Crippen molar-refractivity contribution < 1.29 is 9.90 Å². The highest BCUT2D eigenvalue weighted by atomic mass is 79.9. The molecule has 1 N–H and O–H groups in total. The Morgan fingerprint density at radius 2 is 2.47 bits per heavy atom. The average molecular weight is 318 g/mol. The fraction of sp³-hybridized carbons (Fsp3) is 0.583. The molecule has 1 unspecified atom stereocenters. The molecule has 0 amide bonds. The lowest BCUT2D eigenvalue weighted by molar-refractivity contribution is -0.138. The van der Waals surface area contributed by atoms with Gasteiger partial charge in [0.2, 0.25) is 0 Å². The Hall–Kier alpha value is -0.390. The van der Waals surface area contributed by atoms with Crippen LogP contribution in [0.5, 0.6) is 0 Å². The lowest BCUT2D eigenvalue weighted by Gasteiger charge is -2.31. The van der Waals surface area contributed by atoms with Crippen LogP contribution in [0.3, 0.4) is 0 Å². The van der Waals surface area contributed by atoms with Gasteiger partial charge in [-0.15, -0.1) is 11.3 Å². The molecule has 1 aromatic rings. The first-order valence-corrected chi connectivity index (χ1v) is 7.48. The van der Waals surface area contributed by atoms with Crippen LogP contribution in [-0.2, 0) is 11.3 Å². The predicted molar refractivity (Wildman–Crippen MR) is 72.3 cm³/mol. The van der Waals surface area contributed by atoms with E-state index in [1.165, 1.54) is 4.88 Å². The van der Waals surface area contributed by atoms with Crippen LogP contribution in [0.2, 0.25) is 0 Å². The van der Waals surface area contributed by atoms with Crippen molar-refractivity contribution >= 4 is 33.2 Å². The van der Waals surface area contributed by atoms with Gasteiger partial charge in [0.1, 0.15) is 0 Å². The Balaban J connectivity index is 1.87. The number of hydrogen-bond acceptors (Lipinski definition) is 3. The van der Waals surface area contributed by atoms with Gasteiger partial charge in [-0.2, -0.15) is 0 Å². The number of halogens is 1. The molecule has 1 aliphatic rings. The quantitative estimate of drug-likeness (QED) is 0.927. The Morgan fingerprint density at radius 3 is 3.12 bits per heavy atom. The highest BCUT2D eigenvalue weighted by Crippen LogP contribution is 2.25. The molecule has 0 saturated carbocycles. The number of carboxylic acid groups (broad SMARTS) is 1. The van der Waals surface area contributed by atoms with Crippen LogP contribution in [0.4, 0.5) is 0 Å². The number of piperidine rings is 1. The fourth-order valence-electron chi connectivity index (χ4n) is 2.37. The highest BCUT2D eigenvalue weighted by Gasteiger charge is 2.22. The molecule has 1 aliphatic heterocycles. The summed E-state index contributed by atoms with van der Waals surface area (Å²) in [5.41, 5.74) is 0. The molecule has 94 valence electrons. The maximum Gasteiger partial charge on any atom is 0.303 e. The highest BCUT2D eigenvalue weighted by molar-refractivity contribution is 9.10. The normalized spacial score (nSPS) is 21.6. The van der Waals surface area contributed by atoms with Crippen LogP contribution >= 0.6 is 27.3 Å². The number of carboxylic acids is 1. The van der Waals surface area contributed by atoms with Gasteiger partial charge in [0.15, 0.2) is 0 Å². The molecule has 2 heterocycles. The molecule has 17 heavy (non-hydrogen) atoms. The number of aliphatic carboxylic acids is 1. The molecule has 1 atom stereocenters. The Morgan fingerprint density at radius 1 is 1.65 bits per heavy atom. The zero-order chi connectivity index (χ0) is 12.3. The van der Waals surface area contributed by atoms with Crippen LogP contribution in [0.25, 0.3) is 0 Å². The molecule has 0 aromatic carbocycles. The molecule has 0 bridgehead atoms. The number of carbonyl (C=O) groups is 1. The van der Waals surface area contributed by atoms with Crippen molar-refractivity contribution in [3.8, 4) is 0 Å². The largest absolute Gasteiger partial charge is 0.481 e. The first-order valence-electron chi connectivity index (χ1n) is 5.80. The zero-order valence-corrected chi connectivity index (χ0v) is 12.0. The van der Waals surface area contributed by atoms with Crippen LogP contribution in [0.15, 0.2) is 15.9 Å². The monoisotopic (exact) mass is 317 g/mol. The van der Waals surface area contributed by atoms with Gasteiger partial charge >= 0.3 is 5.97 Å². The molecule has 0 spiro atoms. The van der Waals surface area contributed by atoms with Crippen molar-refractivity contribution in [2.75, 3.05) is 13.1 Å². The summed E-state index contributed by atoms with van der Waals surface area (Å²) in [5, 5.41) is 10.9. The van der Waals surface area contributed by atoms with E-state index < -0.39 is 5.97 Å². The molecule has 1 saturated heterocycles. The van der Waals surface area contributed by atoms with E-state index in [0.717, 1.165) is 36.9 Å². The first kappa shape index (κ1) is 13.1. The second-order valence-electron chi connectivity index (χ2n) is 4.57. The Labute approximate surface area is 114 Å². The topological polar surface area (TPSA) is 40.5 Å². The minimum atomic E-state index is -0.671. The molecule has 3 nitrogen and oxygen atoms in total. The SMILES string of the molecule is O=C(O)CC1CCCN(Cc2cc(Br)cs2)C1. The maximum atomic E-state index is 10.7. The van der Waals surface area contributed by atoms with E-state index in [1.54, 1.807) is 11.3 Å². The third kappa shape index (κ3) is 4.08. The van der Waals surface area contributed by atoms with Crippen LogP contribution in [0.1, 0.15) is 24.1 Å². The summed E-state index contributed by atoms with van der Waals surface area (Å²) in [4.78, 5) is 14.4. The summed E-state index contributed by atoms with van der Waals surface area (Å²) in [5.74, 6) is -0.347. The van der Waals surface area contributed by atoms with Crippen molar-refractivity contribution in [2.45, 2.75) is 25.8 Å². The lowest BCUT2D eigenvalue weighted by Crippen LogP contribution is -2.35. The van der Waals surface area contributed by atoms with Gasteiger partial charge in [0, 0.05) is 34.2 Å². The van der Waals surface area contributed by atoms with Crippen LogP contribution in [0, 0.1) is 5.92 Å². The third-order valence-electron chi connectivity index (χ3n) is 3.07. The number of thiophene rings is 1. The van der Waals surface area contributed by atoms with E-state index in [2.05, 4.69) is 32.3 Å². The summed E-state index contributed by atoms with van der Waals surface area (Å²) in [6.07, 6.45) is 2.48. The Bertz CT molecular complexity index is 394. The van der Waals surface area contributed by atoms with E-state index in [-0.39, 0.29) is 0 Å². The standard InChI is InChI=1S/C12H16BrNO2S/c13-10-5-11(17-8-10)7-14-3-1-2-9(6-14)4-12(15)16/h5,8-9H,1-4,6-7H2,(H,15,16). The van der Waals surface area contributed by atoms with Gasteiger partial charge in [-0.25, -0.2) is 0 Å². The van der Waals surface area contributed by atoms with Gasteiger partial charge in [0.25, 0.3) is 0 Å². The molecule has 0 aliphatic carbocycles. The molecular formula is C12H16BrNO2S. The number of rotatable bonds is 4. The van der Waals surface area contributed by atoms with Crippen molar-refractivity contribution in [1.29, 1.82) is 0 Å². The second-order valence-corrected chi connectivity index (χ2v) is 6.48.